The molecule has 2 fully saturated rings. The van der Waals surface area contributed by atoms with Gasteiger partial charge in [0, 0.05) is 35.6 Å². The summed E-state index contributed by atoms with van der Waals surface area (Å²) >= 11 is 0. The number of phenols is 1. The number of piperidine rings is 2. The second-order valence-electron chi connectivity index (χ2n) is 8.48. The van der Waals surface area contributed by atoms with E-state index in [2.05, 4.69) is 33.3 Å². The van der Waals surface area contributed by atoms with E-state index in [9.17, 15) is 5.11 Å². The van der Waals surface area contributed by atoms with Gasteiger partial charge in [-0.1, -0.05) is 12.0 Å². The molecular weight excluding hydrogens is 362 g/mol. The van der Waals surface area contributed by atoms with Crippen LogP contribution in [0.3, 0.4) is 0 Å². The highest BCUT2D eigenvalue weighted by atomic mass is 16.3. The second kappa shape index (κ2) is 7.12. The fourth-order valence-corrected chi connectivity index (χ4v) is 4.74. The van der Waals surface area contributed by atoms with Gasteiger partial charge in [0.1, 0.15) is 5.75 Å². The molecule has 6 heteroatoms. The minimum Gasteiger partial charge on any atom is -0.507 e. The summed E-state index contributed by atoms with van der Waals surface area (Å²) in [6, 6.07) is 6.10. The summed E-state index contributed by atoms with van der Waals surface area (Å²) in [5.74, 6) is 0.177. The molecule has 2 atom stereocenters. The number of benzene rings is 1. The minimum atomic E-state index is 0.177. The number of aromatic hydroxyl groups is 1. The van der Waals surface area contributed by atoms with E-state index in [-0.39, 0.29) is 11.3 Å². The molecule has 5 rings (SSSR count). The zero-order valence-electron chi connectivity index (χ0n) is 16.5. The average Bonchev–Trinajstić information content (AvgIpc) is 3.23. The van der Waals surface area contributed by atoms with Crippen LogP contribution in [0.15, 0.2) is 54.9 Å². The Morgan fingerprint density at radius 2 is 2.21 bits per heavy atom. The van der Waals surface area contributed by atoms with E-state index in [0.717, 1.165) is 24.2 Å². The SMILES string of the molecule is C[C@]12CCCC(C/C(=C\c3cnc(-c4ccc(-n5ccnc5)cc4O)cn3)C1)N2. The van der Waals surface area contributed by atoms with E-state index in [4.69, 9.17) is 0 Å². The number of imidazole rings is 1. The number of phenolic OH excluding ortho intramolecular Hbond substituents is 1. The van der Waals surface area contributed by atoms with Crippen molar-refractivity contribution in [2.45, 2.75) is 50.6 Å². The minimum absolute atomic E-state index is 0.177. The molecule has 0 saturated carbocycles. The van der Waals surface area contributed by atoms with Crippen molar-refractivity contribution in [2.75, 3.05) is 0 Å². The van der Waals surface area contributed by atoms with Gasteiger partial charge in [-0.05, 0) is 50.8 Å². The number of nitrogens with zero attached hydrogens (tertiary/aromatic N) is 4. The zero-order chi connectivity index (χ0) is 19.8. The number of hydrogen-bond acceptors (Lipinski definition) is 5. The van der Waals surface area contributed by atoms with Crippen LogP contribution in [0.2, 0.25) is 0 Å². The monoisotopic (exact) mass is 387 g/mol. The Bertz CT molecular complexity index is 1040. The largest absolute Gasteiger partial charge is 0.507 e. The number of nitrogens with one attached hydrogen (secondary N) is 1. The van der Waals surface area contributed by atoms with Crippen LogP contribution in [-0.2, 0) is 0 Å². The lowest BCUT2D eigenvalue weighted by atomic mass is 9.75. The Labute approximate surface area is 170 Å². The lowest BCUT2D eigenvalue weighted by Gasteiger charge is -2.45. The molecule has 2 aliphatic heterocycles. The molecule has 1 aromatic carbocycles. The summed E-state index contributed by atoms with van der Waals surface area (Å²) in [5, 5.41) is 14.3. The summed E-state index contributed by atoms with van der Waals surface area (Å²) in [5.41, 5.74) is 4.74. The maximum atomic E-state index is 10.5. The van der Waals surface area contributed by atoms with Crippen molar-refractivity contribution >= 4 is 6.08 Å². The third kappa shape index (κ3) is 3.68. The molecular formula is C23H25N5O. The van der Waals surface area contributed by atoms with Gasteiger partial charge in [0.2, 0.25) is 0 Å². The van der Waals surface area contributed by atoms with Crippen LogP contribution in [0, 0.1) is 0 Å². The Kier molecular flexibility index (Phi) is 4.43. The summed E-state index contributed by atoms with van der Waals surface area (Å²) in [4.78, 5) is 13.2. The third-order valence-electron chi connectivity index (χ3n) is 6.04. The summed E-state index contributed by atoms with van der Waals surface area (Å²) in [7, 11) is 0. The van der Waals surface area contributed by atoms with Gasteiger partial charge in [-0.2, -0.15) is 0 Å². The van der Waals surface area contributed by atoms with E-state index in [1.807, 2.05) is 22.9 Å². The number of hydrogen-bond donors (Lipinski definition) is 2. The van der Waals surface area contributed by atoms with Gasteiger partial charge in [-0.15, -0.1) is 0 Å². The van der Waals surface area contributed by atoms with Gasteiger partial charge in [0.25, 0.3) is 0 Å². The fourth-order valence-electron chi connectivity index (χ4n) is 4.74. The highest BCUT2D eigenvalue weighted by Crippen LogP contribution is 2.37. The van der Waals surface area contributed by atoms with Gasteiger partial charge in [-0.25, -0.2) is 4.98 Å². The highest BCUT2D eigenvalue weighted by molar-refractivity contribution is 5.68. The maximum Gasteiger partial charge on any atom is 0.127 e. The fraction of sp³-hybridized carbons (Fsp3) is 0.348. The number of fused-ring (bicyclic) bond motifs is 2. The summed E-state index contributed by atoms with van der Waals surface area (Å²) in [6.45, 7) is 2.33. The lowest BCUT2D eigenvalue weighted by Crippen LogP contribution is -2.55. The molecule has 2 N–H and O–H groups in total. The van der Waals surface area contributed by atoms with Crippen LogP contribution in [-0.4, -0.2) is 36.2 Å². The van der Waals surface area contributed by atoms with Crippen molar-refractivity contribution < 1.29 is 5.11 Å². The van der Waals surface area contributed by atoms with Crippen molar-refractivity contribution in [3.63, 3.8) is 0 Å². The first-order chi connectivity index (χ1) is 14.1. The maximum absolute atomic E-state index is 10.5. The van der Waals surface area contributed by atoms with Crippen molar-refractivity contribution in [3.8, 4) is 22.7 Å². The van der Waals surface area contributed by atoms with E-state index in [1.54, 1.807) is 31.0 Å². The Morgan fingerprint density at radius 1 is 1.28 bits per heavy atom. The third-order valence-corrected chi connectivity index (χ3v) is 6.04. The molecule has 29 heavy (non-hydrogen) atoms. The van der Waals surface area contributed by atoms with Crippen molar-refractivity contribution in [1.82, 2.24) is 24.8 Å². The molecule has 6 nitrogen and oxygen atoms in total. The summed E-state index contributed by atoms with van der Waals surface area (Å²) < 4.78 is 1.85. The standard InChI is InChI=1S/C23H25N5O/c1-23-6-2-3-17(27-23)9-16(12-23)10-18-13-26-21(14-25-18)20-5-4-19(11-22(20)29)28-8-7-24-15-28/h4-5,7-8,10-11,13-15,17,27,29H,2-3,6,9,12H2,1H3/b16-10+/t17?,23-/m0/s1. The van der Waals surface area contributed by atoms with Gasteiger partial charge in [0.05, 0.1) is 35.8 Å². The van der Waals surface area contributed by atoms with E-state index >= 15 is 0 Å². The summed E-state index contributed by atoms with van der Waals surface area (Å²) in [6.07, 6.45) is 16.9. The highest BCUT2D eigenvalue weighted by Gasteiger charge is 2.36. The van der Waals surface area contributed by atoms with Crippen LogP contribution in [0.25, 0.3) is 23.0 Å². The quantitative estimate of drug-likeness (QED) is 0.707. The molecule has 2 aliphatic rings. The van der Waals surface area contributed by atoms with Crippen molar-refractivity contribution in [2.24, 2.45) is 0 Å². The van der Waals surface area contributed by atoms with Crippen molar-refractivity contribution in [1.29, 1.82) is 0 Å². The van der Waals surface area contributed by atoms with Crippen molar-refractivity contribution in [3.05, 3.63) is 60.6 Å². The van der Waals surface area contributed by atoms with Crippen LogP contribution in [0.5, 0.6) is 5.75 Å². The van der Waals surface area contributed by atoms with Crippen LogP contribution in [0.1, 0.15) is 44.7 Å². The van der Waals surface area contributed by atoms with E-state index in [1.165, 1.54) is 24.8 Å². The Morgan fingerprint density at radius 3 is 2.93 bits per heavy atom. The normalized spacial score (nSPS) is 25.3. The number of rotatable bonds is 3. The van der Waals surface area contributed by atoms with Crippen LogP contribution in [0.4, 0.5) is 0 Å². The average molecular weight is 387 g/mol. The second-order valence-corrected chi connectivity index (χ2v) is 8.48. The molecule has 2 bridgehead atoms. The molecule has 2 aromatic heterocycles. The van der Waals surface area contributed by atoms with Gasteiger partial charge >= 0.3 is 0 Å². The molecule has 0 amide bonds. The topological polar surface area (TPSA) is 75.9 Å². The van der Waals surface area contributed by atoms with E-state index in [0.29, 0.717) is 17.3 Å². The first-order valence-corrected chi connectivity index (χ1v) is 10.2. The van der Waals surface area contributed by atoms with Crippen LogP contribution >= 0.6 is 0 Å². The molecule has 0 spiro atoms. The number of aromatic nitrogens is 4. The first-order valence-electron chi connectivity index (χ1n) is 10.2. The molecule has 4 heterocycles. The predicted molar refractivity (Wildman–Crippen MR) is 113 cm³/mol. The Balaban J connectivity index is 1.37. The predicted octanol–water partition coefficient (Wildman–Crippen LogP) is 4.11. The molecule has 3 aromatic rings. The molecule has 2 saturated heterocycles. The van der Waals surface area contributed by atoms with Crippen LogP contribution < -0.4 is 5.32 Å². The molecule has 148 valence electrons. The molecule has 0 aliphatic carbocycles. The lowest BCUT2D eigenvalue weighted by molar-refractivity contribution is 0.192. The van der Waals surface area contributed by atoms with Gasteiger partial charge < -0.3 is 15.0 Å². The van der Waals surface area contributed by atoms with Gasteiger partial charge in [0.15, 0.2) is 0 Å². The smallest absolute Gasteiger partial charge is 0.127 e. The van der Waals surface area contributed by atoms with E-state index < -0.39 is 0 Å². The molecule has 1 unspecified atom stereocenters. The molecule has 0 radical (unpaired) electrons. The Hall–Kier alpha value is -2.99. The zero-order valence-corrected chi connectivity index (χ0v) is 16.5. The van der Waals surface area contributed by atoms with Gasteiger partial charge in [-0.3, -0.25) is 9.97 Å². The first kappa shape index (κ1) is 18.1.